The first-order valence-electron chi connectivity index (χ1n) is 9.75. The Morgan fingerprint density at radius 2 is 1.90 bits per heavy atom. The molecule has 31 heavy (non-hydrogen) atoms. The lowest BCUT2D eigenvalue weighted by Crippen LogP contribution is -2.28. The topological polar surface area (TPSA) is 116 Å². The Kier molecular flexibility index (Phi) is 7.61. The molecule has 3 aromatic rings. The average Bonchev–Trinajstić information content (AvgIpc) is 3.30. The van der Waals surface area contributed by atoms with Gasteiger partial charge in [-0.15, -0.1) is 16.4 Å². The van der Waals surface area contributed by atoms with Crippen molar-refractivity contribution in [2.75, 3.05) is 13.2 Å². The Bertz CT molecular complexity index is 1060. The Hall–Kier alpha value is -2.95. The van der Waals surface area contributed by atoms with E-state index in [2.05, 4.69) is 15.3 Å². The predicted octanol–water partition coefficient (Wildman–Crippen LogP) is 3.47. The summed E-state index contributed by atoms with van der Waals surface area (Å²) >= 11 is 1.10. The van der Waals surface area contributed by atoms with Gasteiger partial charge in [-0.2, -0.15) is 0 Å². The zero-order chi connectivity index (χ0) is 22.4. The van der Waals surface area contributed by atoms with Crippen LogP contribution in [-0.4, -0.2) is 50.3 Å². The third-order valence-electron chi connectivity index (χ3n) is 4.61. The standard InChI is InChI=1S/C16H13FN4O2S.C5H11NO/c1-9-13(7-8-14-18-10(2)15(24-14)16(22)23)21(20-19-9)12-5-3-11(17)4-6-12;6-5-1-3-7-4-2-5/h3-8H,1-2H3,(H,22,23);5H,1-4,6H2/b8-7+;. The lowest BCUT2D eigenvalue weighted by atomic mass is 10.1. The van der Waals surface area contributed by atoms with Crippen molar-refractivity contribution in [2.24, 2.45) is 5.73 Å². The molecule has 8 nitrogen and oxygen atoms in total. The van der Waals surface area contributed by atoms with Crippen LogP contribution < -0.4 is 5.73 Å². The van der Waals surface area contributed by atoms with Crippen molar-refractivity contribution in [3.8, 4) is 5.69 Å². The molecule has 0 radical (unpaired) electrons. The van der Waals surface area contributed by atoms with E-state index in [4.69, 9.17) is 15.6 Å². The van der Waals surface area contributed by atoms with Gasteiger partial charge in [-0.3, -0.25) is 0 Å². The molecule has 3 N–H and O–H groups in total. The summed E-state index contributed by atoms with van der Waals surface area (Å²) in [4.78, 5) is 15.5. The van der Waals surface area contributed by atoms with Gasteiger partial charge in [-0.05, 0) is 63.1 Å². The van der Waals surface area contributed by atoms with E-state index in [1.165, 1.54) is 12.1 Å². The van der Waals surface area contributed by atoms with Gasteiger partial charge in [0.15, 0.2) is 0 Å². The van der Waals surface area contributed by atoms with Crippen LogP contribution in [-0.2, 0) is 4.74 Å². The highest BCUT2D eigenvalue weighted by atomic mass is 32.1. The summed E-state index contributed by atoms with van der Waals surface area (Å²) in [5.41, 5.74) is 8.12. The number of rotatable bonds is 4. The number of ether oxygens (including phenoxy) is 1. The minimum Gasteiger partial charge on any atom is -0.477 e. The second-order valence-electron chi connectivity index (χ2n) is 7.00. The van der Waals surface area contributed by atoms with Crippen LogP contribution in [0.1, 0.15) is 44.6 Å². The third kappa shape index (κ3) is 6.03. The Morgan fingerprint density at radius 3 is 2.45 bits per heavy atom. The van der Waals surface area contributed by atoms with Crippen molar-refractivity contribution in [2.45, 2.75) is 32.7 Å². The quantitative estimate of drug-likeness (QED) is 0.632. The largest absolute Gasteiger partial charge is 0.477 e. The van der Waals surface area contributed by atoms with Crippen molar-refractivity contribution in [1.82, 2.24) is 20.0 Å². The van der Waals surface area contributed by atoms with Crippen LogP contribution in [0.4, 0.5) is 4.39 Å². The molecule has 1 fully saturated rings. The molecule has 1 aliphatic heterocycles. The number of benzene rings is 1. The number of hydrogen-bond donors (Lipinski definition) is 2. The van der Waals surface area contributed by atoms with Gasteiger partial charge in [0, 0.05) is 19.3 Å². The molecule has 0 amide bonds. The molecule has 0 atom stereocenters. The van der Waals surface area contributed by atoms with Crippen LogP contribution in [0.25, 0.3) is 17.8 Å². The Morgan fingerprint density at radius 1 is 1.23 bits per heavy atom. The van der Waals surface area contributed by atoms with E-state index < -0.39 is 5.97 Å². The van der Waals surface area contributed by atoms with Crippen LogP contribution in [0.2, 0.25) is 0 Å². The van der Waals surface area contributed by atoms with Crippen LogP contribution in [0.5, 0.6) is 0 Å². The highest BCUT2D eigenvalue weighted by molar-refractivity contribution is 7.14. The number of aryl methyl sites for hydroxylation is 2. The van der Waals surface area contributed by atoms with Gasteiger partial charge in [-0.1, -0.05) is 5.21 Å². The van der Waals surface area contributed by atoms with E-state index >= 15 is 0 Å². The molecule has 4 rings (SSSR count). The second-order valence-corrected chi connectivity index (χ2v) is 8.03. The molecule has 0 saturated carbocycles. The zero-order valence-electron chi connectivity index (χ0n) is 17.3. The van der Waals surface area contributed by atoms with E-state index in [1.807, 2.05) is 6.92 Å². The van der Waals surface area contributed by atoms with Crippen LogP contribution in [0.3, 0.4) is 0 Å². The summed E-state index contributed by atoms with van der Waals surface area (Å²) in [6.07, 6.45) is 5.57. The molecule has 1 aliphatic rings. The van der Waals surface area contributed by atoms with E-state index in [-0.39, 0.29) is 10.7 Å². The number of nitrogens with two attached hydrogens (primary N) is 1. The molecule has 0 unspecified atom stereocenters. The fraction of sp³-hybridized carbons (Fsp3) is 0.333. The lowest BCUT2D eigenvalue weighted by Gasteiger charge is -2.16. The summed E-state index contributed by atoms with van der Waals surface area (Å²) in [6.45, 7) is 5.19. The van der Waals surface area contributed by atoms with Gasteiger partial charge in [0.2, 0.25) is 0 Å². The summed E-state index contributed by atoms with van der Waals surface area (Å²) < 4.78 is 19.7. The van der Waals surface area contributed by atoms with Crippen molar-refractivity contribution in [3.63, 3.8) is 0 Å². The fourth-order valence-corrected chi connectivity index (χ4v) is 3.69. The number of carboxylic acid groups (broad SMARTS) is 1. The molecular weight excluding hydrogens is 421 g/mol. The molecule has 1 aromatic carbocycles. The summed E-state index contributed by atoms with van der Waals surface area (Å²) in [6, 6.07) is 6.33. The number of carboxylic acids is 1. The Balaban J connectivity index is 0.000000330. The first kappa shape index (κ1) is 22.7. The van der Waals surface area contributed by atoms with Gasteiger partial charge in [-0.25, -0.2) is 18.9 Å². The van der Waals surface area contributed by atoms with E-state index in [1.54, 1.807) is 35.9 Å². The van der Waals surface area contributed by atoms with Gasteiger partial charge >= 0.3 is 5.97 Å². The number of carbonyl (C=O) groups is 1. The van der Waals surface area contributed by atoms with Crippen LogP contribution >= 0.6 is 11.3 Å². The maximum Gasteiger partial charge on any atom is 0.347 e. The van der Waals surface area contributed by atoms with Crippen LogP contribution in [0.15, 0.2) is 24.3 Å². The number of halogens is 1. The molecule has 0 aliphatic carbocycles. The highest BCUT2D eigenvalue weighted by Gasteiger charge is 2.13. The monoisotopic (exact) mass is 445 g/mol. The number of aromatic nitrogens is 4. The van der Waals surface area contributed by atoms with E-state index in [0.29, 0.717) is 33.8 Å². The molecule has 10 heteroatoms. The molecular formula is C21H24FN5O3S. The molecule has 2 aromatic heterocycles. The maximum absolute atomic E-state index is 13.1. The number of thiazole rings is 1. The van der Waals surface area contributed by atoms with Crippen molar-refractivity contribution in [3.05, 3.63) is 57.0 Å². The lowest BCUT2D eigenvalue weighted by molar-refractivity contribution is 0.0701. The number of hydrogen-bond acceptors (Lipinski definition) is 7. The number of nitrogens with zero attached hydrogens (tertiary/aromatic N) is 4. The van der Waals surface area contributed by atoms with Gasteiger partial charge in [0.25, 0.3) is 0 Å². The van der Waals surface area contributed by atoms with Crippen LogP contribution in [0, 0.1) is 19.7 Å². The molecule has 3 heterocycles. The van der Waals surface area contributed by atoms with E-state index in [0.717, 1.165) is 37.4 Å². The normalized spacial score (nSPS) is 14.5. The SMILES string of the molecule is Cc1nc(/C=C/c2c(C)nnn2-c2ccc(F)cc2)sc1C(=O)O.NC1CCOCC1. The smallest absolute Gasteiger partial charge is 0.347 e. The van der Waals surface area contributed by atoms with Gasteiger partial charge < -0.3 is 15.6 Å². The predicted molar refractivity (Wildman–Crippen MR) is 117 cm³/mol. The zero-order valence-corrected chi connectivity index (χ0v) is 18.1. The molecule has 0 bridgehead atoms. The molecule has 1 saturated heterocycles. The first-order valence-corrected chi connectivity index (χ1v) is 10.6. The van der Waals surface area contributed by atoms with Gasteiger partial charge in [0.05, 0.1) is 22.8 Å². The highest BCUT2D eigenvalue weighted by Crippen LogP contribution is 2.21. The molecule has 164 valence electrons. The van der Waals surface area contributed by atoms with Crippen molar-refractivity contribution in [1.29, 1.82) is 0 Å². The summed E-state index contributed by atoms with van der Waals surface area (Å²) in [5, 5.41) is 17.8. The average molecular weight is 446 g/mol. The minimum absolute atomic E-state index is 0.219. The second kappa shape index (κ2) is 10.4. The first-order chi connectivity index (χ1) is 14.8. The number of aromatic carboxylic acids is 1. The summed E-state index contributed by atoms with van der Waals surface area (Å²) in [5.74, 6) is -1.31. The van der Waals surface area contributed by atoms with E-state index in [9.17, 15) is 9.18 Å². The van der Waals surface area contributed by atoms with Crippen molar-refractivity contribution < 1.29 is 19.0 Å². The van der Waals surface area contributed by atoms with Gasteiger partial charge in [0.1, 0.15) is 15.7 Å². The van der Waals surface area contributed by atoms with Crippen molar-refractivity contribution >= 4 is 29.5 Å². The summed E-state index contributed by atoms with van der Waals surface area (Å²) in [7, 11) is 0. The minimum atomic E-state index is -0.987. The Labute approximate surface area is 183 Å². The molecule has 0 spiro atoms. The maximum atomic E-state index is 13.1. The third-order valence-corrected chi connectivity index (χ3v) is 5.72. The fourth-order valence-electron chi connectivity index (χ4n) is 2.88.